The number of hydrogen-bond acceptors (Lipinski definition) is 5. The maximum absolute atomic E-state index is 12.8. The zero-order valence-corrected chi connectivity index (χ0v) is 14.9. The SMILES string of the molecule is CCOC(=O)[C@@H]1CSCCN1S(=O)(=O)c1cc(Cl)cc(Cl)c1. The Morgan fingerprint density at radius 1 is 1.36 bits per heavy atom. The number of hydrogen-bond donors (Lipinski definition) is 0. The van der Waals surface area contributed by atoms with Crippen molar-refractivity contribution in [2.24, 2.45) is 0 Å². The summed E-state index contributed by atoms with van der Waals surface area (Å²) in [4.78, 5) is 12.0. The van der Waals surface area contributed by atoms with Gasteiger partial charge in [0.1, 0.15) is 6.04 Å². The number of ether oxygens (including phenoxy) is 1. The second-order valence-electron chi connectivity index (χ2n) is 4.56. The number of rotatable bonds is 4. The van der Waals surface area contributed by atoms with E-state index >= 15 is 0 Å². The van der Waals surface area contributed by atoms with Gasteiger partial charge in [0, 0.05) is 28.1 Å². The molecule has 0 radical (unpaired) electrons. The van der Waals surface area contributed by atoms with Crippen molar-refractivity contribution in [3.8, 4) is 0 Å². The molecule has 2 rings (SSSR count). The standard InChI is InChI=1S/C13H15Cl2NO4S2/c1-2-20-13(17)12-8-21-4-3-16(12)22(18,19)11-6-9(14)5-10(15)7-11/h5-7,12H,2-4,8H2,1H3/t12-/m0/s1. The molecule has 0 amide bonds. The van der Waals surface area contributed by atoms with E-state index in [9.17, 15) is 13.2 Å². The van der Waals surface area contributed by atoms with Gasteiger partial charge < -0.3 is 4.74 Å². The lowest BCUT2D eigenvalue weighted by molar-refractivity contribution is -0.146. The van der Waals surface area contributed by atoms with E-state index in [-0.39, 0.29) is 28.1 Å². The number of thioether (sulfide) groups is 1. The lowest BCUT2D eigenvalue weighted by Gasteiger charge is -2.32. The summed E-state index contributed by atoms with van der Waals surface area (Å²) in [5.41, 5.74) is 0. The molecular formula is C13H15Cl2NO4S2. The molecule has 1 fully saturated rings. The quantitative estimate of drug-likeness (QED) is 0.747. The topological polar surface area (TPSA) is 63.7 Å². The van der Waals surface area contributed by atoms with Crippen LogP contribution in [0.4, 0.5) is 0 Å². The van der Waals surface area contributed by atoms with Crippen molar-refractivity contribution < 1.29 is 17.9 Å². The minimum absolute atomic E-state index is 0.0220. The lowest BCUT2D eigenvalue weighted by Crippen LogP contribution is -2.50. The van der Waals surface area contributed by atoms with Crippen LogP contribution in [0, 0.1) is 0 Å². The Morgan fingerprint density at radius 2 is 2.00 bits per heavy atom. The van der Waals surface area contributed by atoms with Crippen molar-refractivity contribution in [2.45, 2.75) is 17.9 Å². The summed E-state index contributed by atoms with van der Waals surface area (Å²) in [5.74, 6) is 0.446. The molecule has 1 heterocycles. The third-order valence-corrected chi connectivity index (χ3v) is 6.43. The van der Waals surface area contributed by atoms with E-state index in [1.54, 1.807) is 6.92 Å². The number of halogens is 2. The van der Waals surface area contributed by atoms with E-state index in [1.165, 1.54) is 34.3 Å². The molecule has 0 aromatic heterocycles. The minimum Gasteiger partial charge on any atom is -0.465 e. The molecule has 5 nitrogen and oxygen atoms in total. The average Bonchev–Trinajstić information content (AvgIpc) is 2.46. The van der Waals surface area contributed by atoms with Crippen molar-refractivity contribution in [2.75, 3.05) is 24.7 Å². The number of nitrogens with zero attached hydrogens (tertiary/aromatic N) is 1. The van der Waals surface area contributed by atoms with Gasteiger partial charge in [-0.1, -0.05) is 23.2 Å². The molecule has 0 N–H and O–H groups in total. The van der Waals surface area contributed by atoms with E-state index in [2.05, 4.69) is 0 Å². The molecular weight excluding hydrogens is 369 g/mol. The van der Waals surface area contributed by atoms with E-state index < -0.39 is 22.0 Å². The summed E-state index contributed by atoms with van der Waals surface area (Å²) in [6, 6.07) is 3.28. The summed E-state index contributed by atoms with van der Waals surface area (Å²) >= 11 is 13.3. The van der Waals surface area contributed by atoms with Gasteiger partial charge in [0.05, 0.1) is 11.5 Å². The molecule has 0 spiro atoms. The van der Waals surface area contributed by atoms with Crippen LogP contribution in [-0.2, 0) is 19.6 Å². The van der Waals surface area contributed by atoms with Gasteiger partial charge in [-0.25, -0.2) is 8.42 Å². The Balaban J connectivity index is 2.38. The molecule has 9 heteroatoms. The van der Waals surface area contributed by atoms with Gasteiger partial charge in [-0.05, 0) is 25.1 Å². The van der Waals surface area contributed by atoms with Crippen molar-refractivity contribution >= 4 is 51.0 Å². The maximum Gasteiger partial charge on any atom is 0.325 e. The highest BCUT2D eigenvalue weighted by atomic mass is 35.5. The second kappa shape index (κ2) is 7.40. The average molecular weight is 384 g/mol. The third kappa shape index (κ3) is 3.89. The Kier molecular flexibility index (Phi) is 6.01. The first kappa shape index (κ1) is 17.9. The van der Waals surface area contributed by atoms with Gasteiger partial charge in [0.15, 0.2) is 0 Å². The largest absolute Gasteiger partial charge is 0.465 e. The first-order chi connectivity index (χ1) is 10.4. The maximum atomic E-state index is 12.8. The molecule has 122 valence electrons. The van der Waals surface area contributed by atoms with Crippen LogP contribution < -0.4 is 0 Å². The first-order valence-electron chi connectivity index (χ1n) is 6.58. The molecule has 1 atom stereocenters. The Hall–Kier alpha value is -0.470. The number of carbonyl (C=O) groups is 1. The number of carbonyl (C=O) groups excluding carboxylic acids is 1. The third-order valence-electron chi connectivity index (χ3n) is 3.08. The van der Waals surface area contributed by atoms with Crippen molar-refractivity contribution in [1.29, 1.82) is 0 Å². The number of esters is 1. The Morgan fingerprint density at radius 3 is 2.59 bits per heavy atom. The highest BCUT2D eigenvalue weighted by Crippen LogP contribution is 2.29. The van der Waals surface area contributed by atoms with Crippen LogP contribution in [0.15, 0.2) is 23.1 Å². The summed E-state index contributed by atoms with van der Waals surface area (Å²) in [5, 5.41) is 0.454. The minimum atomic E-state index is -3.87. The molecule has 1 saturated heterocycles. The van der Waals surface area contributed by atoms with Crippen LogP contribution in [0.2, 0.25) is 10.0 Å². The fourth-order valence-electron chi connectivity index (χ4n) is 2.11. The molecule has 0 saturated carbocycles. The Bertz CT molecular complexity index is 646. The molecule has 1 aromatic rings. The van der Waals surface area contributed by atoms with Crippen LogP contribution in [0.1, 0.15) is 6.92 Å². The van der Waals surface area contributed by atoms with Crippen LogP contribution in [-0.4, -0.2) is 49.4 Å². The van der Waals surface area contributed by atoms with Crippen LogP contribution in [0.3, 0.4) is 0 Å². The second-order valence-corrected chi connectivity index (χ2v) is 8.48. The predicted octanol–water partition coefficient (Wildman–Crippen LogP) is 2.66. The van der Waals surface area contributed by atoms with E-state index in [0.717, 1.165) is 0 Å². The molecule has 22 heavy (non-hydrogen) atoms. The summed E-state index contributed by atoms with van der Waals surface area (Å²) < 4.78 is 31.8. The van der Waals surface area contributed by atoms with Gasteiger partial charge in [-0.2, -0.15) is 16.1 Å². The smallest absolute Gasteiger partial charge is 0.325 e. The van der Waals surface area contributed by atoms with Crippen molar-refractivity contribution in [1.82, 2.24) is 4.31 Å². The Labute approximate surface area is 144 Å². The van der Waals surface area contributed by atoms with E-state index in [4.69, 9.17) is 27.9 Å². The highest BCUT2D eigenvalue weighted by Gasteiger charge is 2.39. The van der Waals surface area contributed by atoms with E-state index in [0.29, 0.717) is 11.5 Å². The van der Waals surface area contributed by atoms with E-state index in [1.807, 2.05) is 0 Å². The predicted molar refractivity (Wildman–Crippen MR) is 88.1 cm³/mol. The van der Waals surface area contributed by atoms with Gasteiger partial charge in [-0.3, -0.25) is 4.79 Å². The summed E-state index contributed by atoms with van der Waals surface area (Å²) in [7, 11) is -3.87. The van der Waals surface area contributed by atoms with Crippen molar-refractivity contribution in [3.05, 3.63) is 28.2 Å². The van der Waals surface area contributed by atoms with Gasteiger partial charge in [-0.15, -0.1) is 0 Å². The van der Waals surface area contributed by atoms with Gasteiger partial charge in [0.2, 0.25) is 10.0 Å². The fourth-order valence-corrected chi connectivity index (χ4v) is 5.66. The monoisotopic (exact) mass is 383 g/mol. The zero-order valence-electron chi connectivity index (χ0n) is 11.8. The molecule has 0 aliphatic carbocycles. The molecule has 1 aromatic carbocycles. The lowest BCUT2D eigenvalue weighted by atomic mass is 10.3. The molecule has 0 unspecified atom stereocenters. The van der Waals surface area contributed by atoms with Crippen LogP contribution >= 0.6 is 35.0 Å². The van der Waals surface area contributed by atoms with Crippen molar-refractivity contribution in [3.63, 3.8) is 0 Å². The molecule has 1 aliphatic rings. The fraction of sp³-hybridized carbons (Fsp3) is 0.462. The normalized spacial score (nSPS) is 19.9. The number of benzene rings is 1. The molecule has 0 bridgehead atoms. The molecule has 1 aliphatic heterocycles. The zero-order chi connectivity index (χ0) is 16.3. The van der Waals surface area contributed by atoms with Crippen LogP contribution in [0.5, 0.6) is 0 Å². The number of sulfonamides is 1. The highest BCUT2D eigenvalue weighted by molar-refractivity contribution is 7.99. The van der Waals surface area contributed by atoms with Gasteiger partial charge >= 0.3 is 5.97 Å². The first-order valence-corrected chi connectivity index (χ1v) is 9.93. The van der Waals surface area contributed by atoms with Crippen LogP contribution in [0.25, 0.3) is 0 Å². The summed E-state index contributed by atoms with van der Waals surface area (Å²) in [6.45, 7) is 2.13. The summed E-state index contributed by atoms with van der Waals surface area (Å²) in [6.07, 6.45) is 0. The van der Waals surface area contributed by atoms with Gasteiger partial charge in [0.25, 0.3) is 0 Å².